The molecule has 1 aromatic carbocycles. The number of nitrogens with one attached hydrogen (secondary N) is 2. The fourth-order valence-electron chi connectivity index (χ4n) is 1.96. The Labute approximate surface area is 135 Å². The van der Waals surface area contributed by atoms with Crippen LogP contribution in [0.4, 0.5) is 0 Å². The molecule has 1 aliphatic rings. The van der Waals surface area contributed by atoms with Crippen molar-refractivity contribution in [2.24, 2.45) is 0 Å². The number of hydrogen-bond acceptors (Lipinski definition) is 4. The minimum absolute atomic E-state index is 0.0552. The molecule has 0 aromatic heterocycles. The zero-order valence-corrected chi connectivity index (χ0v) is 13.6. The van der Waals surface area contributed by atoms with Gasteiger partial charge in [-0.1, -0.05) is 12.1 Å². The monoisotopic (exact) mass is 340 g/mol. The molecular weight excluding hydrogens is 320 g/mol. The number of aryl methyl sites for hydroxylation is 1. The van der Waals surface area contributed by atoms with Crippen molar-refractivity contribution in [1.29, 1.82) is 0 Å². The maximum atomic E-state index is 12.0. The maximum Gasteiger partial charge on any atom is 0.325 e. The lowest BCUT2D eigenvalue weighted by Crippen LogP contribution is -2.38. The molecule has 0 bridgehead atoms. The number of hydrogen-bond donors (Lipinski definition) is 3. The van der Waals surface area contributed by atoms with E-state index in [2.05, 4.69) is 10.0 Å². The molecule has 3 N–H and O–H groups in total. The van der Waals surface area contributed by atoms with Crippen LogP contribution in [-0.4, -0.2) is 37.5 Å². The average Bonchev–Trinajstić information content (AvgIpc) is 3.28. The van der Waals surface area contributed by atoms with E-state index in [4.69, 9.17) is 5.11 Å². The first-order valence-corrected chi connectivity index (χ1v) is 8.89. The number of benzene rings is 1. The molecule has 1 aliphatic carbocycles. The molecule has 7 nitrogen and oxygen atoms in total. The van der Waals surface area contributed by atoms with Gasteiger partial charge in [-0.15, -0.1) is 0 Å². The molecule has 2 rings (SSSR count). The van der Waals surface area contributed by atoms with Gasteiger partial charge in [0.2, 0.25) is 15.9 Å². The molecule has 0 radical (unpaired) electrons. The normalized spacial score (nSPS) is 15.9. The van der Waals surface area contributed by atoms with E-state index in [0.717, 1.165) is 18.4 Å². The summed E-state index contributed by atoms with van der Waals surface area (Å²) in [6.45, 7) is 1.40. The molecule has 1 aromatic rings. The highest BCUT2D eigenvalue weighted by atomic mass is 32.2. The zero-order valence-electron chi connectivity index (χ0n) is 12.8. The second-order valence-corrected chi connectivity index (χ2v) is 7.38. The Hall–Kier alpha value is -1.93. The molecule has 126 valence electrons. The second kappa shape index (κ2) is 7.10. The van der Waals surface area contributed by atoms with Crippen molar-refractivity contribution < 1.29 is 23.1 Å². The molecule has 1 amide bonds. The number of carboxylic acid groups (broad SMARTS) is 1. The molecule has 1 saturated carbocycles. The summed E-state index contributed by atoms with van der Waals surface area (Å²) >= 11 is 0. The summed E-state index contributed by atoms with van der Waals surface area (Å²) in [4.78, 5) is 22.5. The van der Waals surface area contributed by atoms with Crippen molar-refractivity contribution in [1.82, 2.24) is 10.0 Å². The minimum atomic E-state index is -3.47. The summed E-state index contributed by atoms with van der Waals surface area (Å²) in [5.74, 6) is -1.44. The molecule has 0 spiro atoms. The van der Waals surface area contributed by atoms with Crippen LogP contribution in [0.2, 0.25) is 0 Å². The van der Waals surface area contributed by atoms with Crippen LogP contribution >= 0.6 is 0 Å². The van der Waals surface area contributed by atoms with E-state index in [1.165, 1.54) is 19.1 Å². The summed E-state index contributed by atoms with van der Waals surface area (Å²) < 4.78 is 26.6. The van der Waals surface area contributed by atoms with Gasteiger partial charge >= 0.3 is 5.97 Å². The molecule has 23 heavy (non-hydrogen) atoms. The van der Waals surface area contributed by atoms with Crippen LogP contribution < -0.4 is 10.0 Å². The van der Waals surface area contributed by atoms with Crippen molar-refractivity contribution in [3.05, 3.63) is 29.8 Å². The smallest absolute Gasteiger partial charge is 0.325 e. The van der Waals surface area contributed by atoms with E-state index in [0.29, 0.717) is 6.42 Å². The number of aliphatic carboxylic acids is 1. The Morgan fingerprint density at radius 3 is 2.39 bits per heavy atom. The Balaban J connectivity index is 1.87. The molecular formula is C15H20N2O5S. The van der Waals surface area contributed by atoms with Crippen LogP contribution in [-0.2, 0) is 26.0 Å². The molecule has 0 saturated heterocycles. The topological polar surface area (TPSA) is 113 Å². The van der Waals surface area contributed by atoms with E-state index < -0.39 is 22.0 Å². The van der Waals surface area contributed by atoms with Gasteiger partial charge in [0.05, 0.1) is 4.90 Å². The predicted molar refractivity (Wildman–Crippen MR) is 83.3 cm³/mol. The van der Waals surface area contributed by atoms with Gasteiger partial charge in [0.15, 0.2) is 0 Å². The predicted octanol–water partition coefficient (Wildman–Crippen LogP) is 0.649. The van der Waals surface area contributed by atoms with Crippen LogP contribution in [0.3, 0.4) is 0 Å². The first-order valence-electron chi connectivity index (χ1n) is 7.41. The summed E-state index contributed by atoms with van der Waals surface area (Å²) in [7, 11) is -3.47. The lowest BCUT2D eigenvalue weighted by Gasteiger charge is -2.09. The standard InChI is InChI=1S/C15H20N2O5S/c1-10(15(19)20)16-14(18)9-4-11-2-7-13(8-3-11)23(21,22)17-12-5-6-12/h2-3,7-8,10,12,17H,4-6,9H2,1H3,(H,16,18)(H,19,20)/t10-/m0/s1. The Kier molecular flexibility index (Phi) is 5.38. The Bertz CT molecular complexity index is 680. The van der Waals surface area contributed by atoms with Crippen molar-refractivity contribution in [3.63, 3.8) is 0 Å². The second-order valence-electron chi connectivity index (χ2n) is 5.67. The fraction of sp³-hybridized carbons (Fsp3) is 0.467. The quantitative estimate of drug-likeness (QED) is 0.643. The number of carbonyl (C=O) groups is 2. The van der Waals surface area contributed by atoms with Crippen LogP contribution in [0.5, 0.6) is 0 Å². The van der Waals surface area contributed by atoms with Gasteiger partial charge in [-0.05, 0) is 43.9 Å². The van der Waals surface area contributed by atoms with E-state index in [1.807, 2.05) is 0 Å². The van der Waals surface area contributed by atoms with Gasteiger partial charge in [0.25, 0.3) is 0 Å². The van der Waals surface area contributed by atoms with Crippen LogP contribution in [0.15, 0.2) is 29.2 Å². The fourth-order valence-corrected chi connectivity index (χ4v) is 3.26. The first-order chi connectivity index (χ1) is 10.8. The molecule has 1 atom stereocenters. The highest BCUT2D eigenvalue weighted by Crippen LogP contribution is 2.22. The molecule has 1 fully saturated rings. The van der Waals surface area contributed by atoms with Crippen LogP contribution in [0, 0.1) is 0 Å². The van der Waals surface area contributed by atoms with Gasteiger partial charge < -0.3 is 10.4 Å². The molecule has 0 aliphatic heterocycles. The van der Waals surface area contributed by atoms with Crippen LogP contribution in [0.1, 0.15) is 31.7 Å². The van der Waals surface area contributed by atoms with E-state index in [1.54, 1.807) is 12.1 Å². The lowest BCUT2D eigenvalue weighted by atomic mass is 10.1. The summed E-state index contributed by atoms with van der Waals surface area (Å²) in [6.07, 6.45) is 2.31. The van der Waals surface area contributed by atoms with Gasteiger partial charge in [-0.3, -0.25) is 9.59 Å². The molecule has 0 heterocycles. The van der Waals surface area contributed by atoms with E-state index in [-0.39, 0.29) is 23.3 Å². The van der Waals surface area contributed by atoms with Crippen molar-refractivity contribution in [2.45, 2.75) is 49.6 Å². The van der Waals surface area contributed by atoms with E-state index >= 15 is 0 Å². The number of rotatable bonds is 8. The van der Waals surface area contributed by atoms with Crippen molar-refractivity contribution >= 4 is 21.9 Å². The summed E-state index contributed by atoms with van der Waals surface area (Å²) in [5.41, 5.74) is 0.813. The summed E-state index contributed by atoms with van der Waals surface area (Å²) in [5, 5.41) is 11.1. The van der Waals surface area contributed by atoms with Gasteiger partial charge in [-0.2, -0.15) is 0 Å². The van der Waals surface area contributed by atoms with Crippen molar-refractivity contribution in [3.8, 4) is 0 Å². The Morgan fingerprint density at radius 1 is 1.26 bits per heavy atom. The number of carbonyl (C=O) groups excluding carboxylic acids is 1. The SMILES string of the molecule is C[C@H](NC(=O)CCc1ccc(S(=O)(=O)NC2CC2)cc1)C(=O)O. The molecule has 0 unspecified atom stereocenters. The van der Waals surface area contributed by atoms with Gasteiger partial charge in [0.1, 0.15) is 6.04 Å². The maximum absolute atomic E-state index is 12.0. The first kappa shape index (κ1) is 17.4. The number of sulfonamides is 1. The van der Waals surface area contributed by atoms with Gasteiger partial charge in [-0.25, -0.2) is 13.1 Å². The Morgan fingerprint density at radius 2 is 1.87 bits per heavy atom. The highest BCUT2D eigenvalue weighted by molar-refractivity contribution is 7.89. The number of carboxylic acids is 1. The minimum Gasteiger partial charge on any atom is -0.480 e. The molecule has 8 heteroatoms. The number of amides is 1. The highest BCUT2D eigenvalue weighted by Gasteiger charge is 2.27. The largest absolute Gasteiger partial charge is 0.480 e. The van der Waals surface area contributed by atoms with Gasteiger partial charge in [0, 0.05) is 12.5 Å². The van der Waals surface area contributed by atoms with Crippen molar-refractivity contribution in [2.75, 3.05) is 0 Å². The third-order valence-electron chi connectivity index (χ3n) is 3.52. The zero-order chi connectivity index (χ0) is 17.0. The van der Waals surface area contributed by atoms with Crippen LogP contribution in [0.25, 0.3) is 0 Å². The lowest BCUT2D eigenvalue weighted by molar-refractivity contribution is -0.141. The third kappa shape index (κ3) is 5.33. The average molecular weight is 340 g/mol. The third-order valence-corrected chi connectivity index (χ3v) is 5.06. The summed E-state index contributed by atoms with van der Waals surface area (Å²) in [6, 6.07) is 5.48. The van der Waals surface area contributed by atoms with E-state index in [9.17, 15) is 18.0 Å².